The van der Waals surface area contributed by atoms with E-state index in [1.54, 1.807) is 12.1 Å². The van der Waals surface area contributed by atoms with E-state index in [0.717, 1.165) is 23.8 Å². The Labute approximate surface area is 364 Å². The van der Waals surface area contributed by atoms with Gasteiger partial charge in [0.1, 0.15) is 22.7 Å². The molecule has 16 heteroatoms. The lowest BCUT2D eigenvalue weighted by Crippen LogP contribution is -2.43. The van der Waals surface area contributed by atoms with Gasteiger partial charge >= 0.3 is 12.1 Å². The van der Waals surface area contributed by atoms with Crippen molar-refractivity contribution in [3.8, 4) is 11.5 Å². The zero-order valence-corrected chi connectivity index (χ0v) is 36.9. The molecule has 334 valence electrons. The second kappa shape index (κ2) is 19.7. The number of rotatable bonds is 19. The number of aromatic nitrogens is 2. The van der Waals surface area contributed by atoms with E-state index in [2.05, 4.69) is 54.5 Å². The summed E-state index contributed by atoms with van der Waals surface area (Å²) >= 11 is 0. The molecular formula is C47H53F3N4O8Si. The molecule has 0 aliphatic rings. The molecule has 0 bridgehead atoms. The lowest BCUT2D eigenvalue weighted by molar-refractivity contribution is -0.199. The first-order valence-electron chi connectivity index (χ1n) is 20.7. The maximum atomic E-state index is 13.1. The minimum Gasteiger partial charge on any atom is -0.506 e. The van der Waals surface area contributed by atoms with Crippen molar-refractivity contribution in [2.75, 3.05) is 26.2 Å². The van der Waals surface area contributed by atoms with Crippen molar-refractivity contribution in [2.24, 2.45) is 0 Å². The van der Waals surface area contributed by atoms with E-state index in [-0.39, 0.29) is 20.7 Å². The molecule has 1 atom stereocenters. The van der Waals surface area contributed by atoms with Crippen molar-refractivity contribution in [3.05, 3.63) is 159 Å². The Bertz CT molecular complexity index is 2470. The number of hydrogen-bond acceptors (Lipinski definition) is 11. The van der Waals surface area contributed by atoms with E-state index in [1.165, 1.54) is 12.1 Å². The molecule has 63 heavy (non-hydrogen) atoms. The van der Waals surface area contributed by atoms with Crippen molar-refractivity contribution < 1.29 is 46.7 Å². The number of nitrogens with zero attached hydrogens (tertiary/aromatic N) is 2. The smallest absolute Gasteiger partial charge is 0.493 e. The first kappa shape index (κ1) is 46.7. The van der Waals surface area contributed by atoms with Crippen LogP contribution in [-0.2, 0) is 27.8 Å². The summed E-state index contributed by atoms with van der Waals surface area (Å²) in [6, 6.07) is 33.5. The lowest BCUT2D eigenvalue weighted by atomic mass is 9.83. The highest BCUT2D eigenvalue weighted by molar-refractivity contribution is 6.74. The summed E-state index contributed by atoms with van der Waals surface area (Å²) < 4.78 is 57.9. The van der Waals surface area contributed by atoms with E-state index in [9.17, 15) is 33.0 Å². The molecule has 0 aliphatic heterocycles. The van der Waals surface area contributed by atoms with Gasteiger partial charge in [-0.1, -0.05) is 105 Å². The van der Waals surface area contributed by atoms with Crippen LogP contribution in [0.25, 0.3) is 10.9 Å². The number of phenols is 1. The number of carbonyl (C=O) groups excluding carboxylic acids is 1. The molecule has 0 saturated carbocycles. The van der Waals surface area contributed by atoms with Crippen LogP contribution in [0.1, 0.15) is 67.0 Å². The Balaban J connectivity index is 1.01. The van der Waals surface area contributed by atoms with Crippen LogP contribution in [0.4, 0.5) is 13.2 Å². The van der Waals surface area contributed by atoms with Gasteiger partial charge in [-0.05, 0) is 90.6 Å². The molecule has 12 nitrogen and oxygen atoms in total. The number of pyridine rings is 1. The Hall–Kier alpha value is -5.78. The van der Waals surface area contributed by atoms with E-state index in [1.807, 2.05) is 84.9 Å². The maximum absolute atomic E-state index is 13.1. The summed E-state index contributed by atoms with van der Waals surface area (Å²) in [6.45, 7) is 12.8. The Morgan fingerprint density at radius 3 is 2.14 bits per heavy atom. The number of carbonyl (C=O) groups is 1. The number of hydrogen-bond donors (Lipinski definition) is 4. The Morgan fingerprint density at radius 2 is 1.52 bits per heavy atom. The van der Waals surface area contributed by atoms with E-state index < -0.39 is 43.5 Å². The molecule has 2 heterocycles. The molecule has 0 fully saturated rings. The number of benzene rings is 4. The number of alkyl halides is 3. The van der Waals surface area contributed by atoms with Gasteiger partial charge in [0.15, 0.2) is 19.7 Å². The van der Waals surface area contributed by atoms with E-state index in [4.69, 9.17) is 13.7 Å². The third-order valence-electron chi connectivity index (χ3n) is 11.2. The largest absolute Gasteiger partial charge is 0.506 e. The summed E-state index contributed by atoms with van der Waals surface area (Å²) in [5.74, 6) is -1.81. The van der Waals surface area contributed by atoms with Gasteiger partial charge in [0.2, 0.25) is 0 Å². The van der Waals surface area contributed by atoms with Gasteiger partial charge in [0.25, 0.3) is 5.56 Å². The Kier molecular flexibility index (Phi) is 14.6. The van der Waals surface area contributed by atoms with Crippen LogP contribution in [0.2, 0.25) is 18.1 Å². The van der Waals surface area contributed by atoms with Gasteiger partial charge in [0, 0.05) is 24.1 Å². The number of aromatic hydroxyl groups is 1. The third-order valence-corrected chi connectivity index (χ3v) is 15.7. The van der Waals surface area contributed by atoms with Crippen molar-refractivity contribution in [1.82, 2.24) is 20.5 Å². The topological polar surface area (TPSA) is 157 Å². The van der Waals surface area contributed by atoms with Crippen LogP contribution in [-0.4, -0.2) is 66.8 Å². The number of fused-ring (bicyclic) bond motifs is 1. The van der Waals surface area contributed by atoms with Crippen LogP contribution in [0, 0.1) is 0 Å². The zero-order chi connectivity index (χ0) is 45.4. The van der Waals surface area contributed by atoms with Gasteiger partial charge in [-0.15, -0.1) is 4.73 Å². The summed E-state index contributed by atoms with van der Waals surface area (Å²) in [4.78, 5) is 28.8. The van der Waals surface area contributed by atoms with Crippen LogP contribution in [0.15, 0.2) is 125 Å². The average molecular weight is 887 g/mol. The van der Waals surface area contributed by atoms with Crippen molar-refractivity contribution in [3.63, 3.8) is 0 Å². The molecule has 6 rings (SSSR count). The molecule has 0 unspecified atom stereocenters. The monoisotopic (exact) mass is 886 g/mol. The van der Waals surface area contributed by atoms with Crippen molar-refractivity contribution >= 4 is 25.2 Å². The zero-order valence-electron chi connectivity index (χ0n) is 35.9. The number of aliphatic hydroxyl groups is 1. The molecule has 4 N–H and O–H groups in total. The molecule has 4 aromatic carbocycles. The first-order valence-corrected chi connectivity index (χ1v) is 23.6. The fourth-order valence-electron chi connectivity index (χ4n) is 6.79. The Morgan fingerprint density at radius 1 is 0.873 bits per heavy atom. The number of nitrogens with one attached hydrogen (secondary N) is 2. The molecule has 0 amide bonds. The van der Waals surface area contributed by atoms with Gasteiger partial charge in [0.05, 0.1) is 19.3 Å². The highest BCUT2D eigenvalue weighted by Crippen LogP contribution is 2.41. The highest BCUT2D eigenvalue weighted by Gasteiger charge is 2.43. The predicted molar refractivity (Wildman–Crippen MR) is 235 cm³/mol. The van der Waals surface area contributed by atoms with Crippen LogP contribution < -0.4 is 25.8 Å². The molecule has 0 radical (unpaired) electrons. The second-order valence-electron chi connectivity index (χ2n) is 16.7. The van der Waals surface area contributed by atoms with Gasteiger partial charge < -0.3 is 39.4 Å². The fraction of sp³-hybridized carbons (Fsp3) is 0.340. The predicted octanol–water partition coefficient (Wildman–Crippen LogP) is 7.95. The molecule has 2 aromatic heterocycles. The summed E-state index contributed by atoms with van der Waals surface area (Å²) in [5.41, 5.74) is 0.426. The van der Waals surface area contributed by atoms with Crippen LogP contribution >= 0.6 is 0 Å². The molecular weight excluding hydrogens is 834 g/mol. The SMILES string of the molecule is CC(C)(C)[Si](C)(C)O[C@@H](CNCCc1ccc(OCCCNCc2cc(C(O)(c3ccccc3)c3ccccc3)no2)cc1)c1ccc(O)c2c1ccc(=O)n2OC(=O)C(F)(F)F. The average Bonchev–Trinajstić information content (AvgIpc) is 3.74. The quantitative estimate of drug-likeness (QED) is 0.0463. The standard InChI is InChI=1S/C47H53F3N4O8Si/c1-45(2,3)63(4,5)62-40(37-21-23-39(55)43-38(37)22-24-42(56)54(43)61-44(57)47(48,49)50)31-52-27-25-32-17-19-35(20-18-32)59-28-12-26-51-30-36-29-41(53-60-36)46(58,33-13-8-6-9-14-33)34-15-10-7-11-16-34/h6-11,13-24,29,40,51-52,55,58H,12,25-28,30-31H2,1-5H3/t40-/m0/s1. The van der Waals surface area contributed by atoms with Gasteiger partial charge in [-0.3, -0.25) is 4.79 Å². The molecule has 0 spiro atoms. The lowest BCUT2D eigenvalue weighted by Gasteiger charge is -2.39. The minimum atomic E-state index is -5.37. The first-order chi connectivity index (χ1) is 29.9. The van der Waals surface area contributed by atoms with E-state index in [0.29, 0.717) is 67.4 Å². The number of halogens is 3. The summed E-state index contributed by atoms with van der Waals surface area (Å²) in [6.07, 6.45) is -4.61. The highest BCUT2D eigenvalue weighted by atomic mass is 28.4. The summed E-state index contributed by atoms with van der Waals surface area (Å²) in [5, 5.41) is 33.7. The van der Waals surface area contributed by atoms with Crippen molar-refractivity contribution in [1.29, 1.82) is 0 Å². The van der Waals surface area contributed by atoms with Crippen molar-refractivity contribution in [2.45, 2.75) is 76.2 Å². The minimum absolute atomic E-state index is 0.169. The number of ether oxygens (including phenoxy) is 1. The normalized spacial score (nSPS) is 13.0. The van der Waals surface area contributed by atoms with Gasteiger partial charge in [-0.2, -0.15) is 13.2 Å². The molecule has 0 aliphatic carbocycles. The van der Waals surface area contributed by atoms with Crippen LogP contribution in [0.3, 0.4) is 0 Å². The fourth-order valence-corrected chi connectivity index (χ4v) is 8.07. The molecule has 0 saturated heterocycles. The maximum Gasteiger partial charge on any atom is 0.493 e. The molecule has 6 aromatic rings. The second-order valence-corrected chi connectivity index (χ2v) is 21.5. The van der Waals surface area contributed by atoms with E-state index >= 15 is 0 Å². The van der Waals surface area contributed by atoms with Crippen LogP contribution in [0.5, 0.6) is 11.5 Å². The number of phenolic OH excluding ortho intramolecular Hbond substituents is 1. The van der Waals surface area contributed by atoms with Gasteiger partial charge in [-0.25, -0.2) is 4.79 Å². The summed E-state index contributed by atoms with van der Waals surface area (Å²) in [7, 11) is -2.46. The third kappa shape index (κ3) is 11.2.